The summed E-state index contributed by atoms with van der Waals surface area (Å²) in [6.45, 7) is 53.6. The van der Waals surface area contributed by atoms with Gasteiger partial charge in [0.2, 0.25) is 0 Å². The summed E-state index contributed by atoms with van der Waals surface area (Å²) in [6, 6.07) is 45.4. The van der Waals surface area contributed by atoms with E-state index in [2.05, 4.69) is 274 Å². The number of pyridine rings is 2. The lowest BCUT2D eigenvalue weighted by atomic mass is 9.71. The minimum Gasteiger partial charge on any atom is -0.507 e. The highest BCUT2D eigenvalue weighted by Crippen LogP contribution is 2.67. The summed E-state index contributed by atoms with van der Waals surface area (Å²) in [7, 11) is 0. The van der Waals surface area contributed by atoms with Crippen LogP contribution in [0.4, 0.5) is 0 Å². The van der Waals surface area contributed by atoms with E-state index in [1.54, 1.807) is 0 Å². The SMILES string of the molecule is CC(C)(C)c1cc(-c2cc(-c3c4c(c(-c5ccccc5)c5c3C(C)(C)CC5(C)C)C(C)(C)CC4(C)C)ccn2)cc(-c2cc(-c3c4c(c(-c5ccccc5)c5c3C(C)(C)CC5(C)C)C(C)(C)CC4(C)C)cc(-c3cc(C(C)(C)C)ccc3O)n2)c1. The van der Waals surface area contributed by atoms with Gasteiger partial charge in [-0.3, -0.25) is 4.98 Å². The monoisotopic (exact) mass is 1120 g/mol. The van der Waals surface area contributed by atoms with E-state index in [0.717, 1.165) is 70.6 Å². The van der Waals surface area contributed by atoms with Crippen LogP contribution in [0, 0.1) is 0 Å². The molecule has 0 aliphatic heterocycles. The van der Waals surface area contributed by atoms with Crippen LogP contribution in [0.2, 0.25) is 0 Å². The average Bonchev–Trinajstić information content (AvgIpc) is 1.55. The summed E-state index contributed by atoms with van der Waals surface area (Å²) >= 11 is 0. The fourth-order valence-electron chi connectivity index (χ4n) is 18.7. The van der Waals surface area contributed by atoms with Crippen molar-refractivity contribution >= 4 is 0 Å². The van der Waals surface area contributed by atoms with Crippen molar-refractivity contribution in [2.75, 3.05) is 0 Å². The van der Waals surface area contributed by atoms with E-state index in [1.165, 1.54) is 89.0 Å². The molecule has 1 N–H and O–H groups in total. The molecule has 85 heavy (non-hydrogen) atoms. The van der Waals surface area contributed by atoms with Gasteiger partial charge in [-0.2, -0.15) is 0 Å². The Balaban J connectivity index is 1.16. The average molecular weight is 1130 g/mol. The van der Waals surface area contributed by atoms with Gasteiger partial charge in [-0.25, -0.2) is 4.98 Å². The van der Waals surface area contributed by atoms with E-state index >= 15 is 0 Å². The van der Waals surface area contributed by atoms with Crippen molar-refractivity contribution in [2.45, 2.75) is 232 Å². The molecule has 0 saturated carbocycles. The van der Waals surface area contributed by atoms with Crippen molar-refractivity contribution in [1.82, 2.24) is 9.97 Å². The quantitative estimate of drug-likeness (QED) is 0.173. The third kappa shape index (κ3) is 9.40. The molecule has 0 bridgehead atoms. The Kier molecular flexibility index (Phi) is 12.9. The number of phenols is 1. The van der Waals surface area contributed by atoms with Crippen molar-refractivity contribution < 1.29 is 5.11 Å². The molecule has 0 amide bonds. The summed E-state index contributed by atoms with van der Waals surface area (Å²) in [4.78, 5) is 11.1. The first-order chi connectivity index (χ1) is 39.3. The number of benzene rings is 6. The van der Waals surface area contributed by atoms with Crippen LogP contribution < -0.4 is 0 Å². The van der Waals surface area contributed by atoms with Gasteiger partial charge in [-0.05, 0) is 235 Å². The van der Waals surface area contributed by atoms with Crippen LogP contribution in [0.3, 0.4) is 0 Å². The minimum atomic E-state index is -0.206. The molecular formula is C82H96N2O. The molecule has 0 unspecified atom stereocenters. The van der Waals surface area contributed by atoms with Crippen LogP contribution in [0.25, 0.3) is 78.3 Å². The number of rotatable bonds is 7. The molecule has 12 rings (SSSR count). The Morgan fingerprint density at radius 2 is 0.659 bits per heavy atom. The zero-order valence-electron chi connectivity index (χ0n) is 55.8. The van der Waals surface area contributed by atoms with E-state index in [0.29, 0.717) is 0 Å². The topological polar surface area (TPSA) is 46.0 Å². The highest BCUT2D eigenvalue weighted by Gasteiger charge is 2.55. The molecule has 8 aromatic rings. The van der Waals surface area contributed by atoms with E-state index in [1.807, 2.05) is 6.07 Å². The van der Waals surface area contributed by atoms with Gasteiger partial charge in [0, 0.05) is 22.9 Å². The third-order valence-corrected chi connectivity index (χ3v) is 20.8. The molecule has 440 valence electrons. The van der Waals surface area contributed by atoms with Gasteiger partial charge in [0.15, 0.2) is 0 Å². The first-order valence-corrected chi connectivity index (χ1v) is 31.9. The number of hydrogen-bond acceptors (Lipinski definition) is 3. The molecule has 3 heteroatoms. The van der Waals surface area contributed by atoms with E-state index in [-0.39, 0.29) is 59.9 Å². The predicted molar refractivity (Wildman–Crippen MR) is 362 cm³/mol. The molecule has 3 nitrogen and oxygen atoms in total. The standard InChI is InChI=1S/C82H96N2O/c1-73(2,3)54-33-34-60(85)56(43-54)59-42-53(64-71-67(77(11,12)46-81(71,19)20)62(49-31-27-24-28-32-49)68-72(64)82(21,22)47-78(68,13)14)41-58(84-59)52-37-51(38-55(39-52)74(4,5)6)57-40-50(35-36-83-57)63-69-65(75(7,8)44-79(69,15)16)61(48-29-25-23-26-30-48)66-70(63)80(17,18)45-76(66,9)10/h23-43,85H,44-47H2,1-22H3. The molecule has 0 fully saturated rings. The summed E-state index contributed by atoms with van der Waals surface area (Å²) in [6.07, 6.45) is 6.27. The molecule has 0 saturated heterocycles. The lowest BCUT2D eigenvalue weighted by molar-refractivity contribution is 0.396. The highest BCUT2D eigenvalue weighted by atomic mass is 16.3. The summed E-state index contributed by atoms with van der Waals surface area (Å²) < 4.78 is 0. The Labute approximate surface area is 511 Å². The van der Waals surface area contributed by atoms with Crippen LogP contribution in [0.15, 0.2) is 128 Å². The number of phenolic OH excluding ortho intramolecular Hbond substituents is 1. The molecule has 4 aliphatic rings. The number of nitrogens with zero attached hydrogens (tertiary/aromatic N) is 2. The minimum absolute atomic E-state index is 0.0460. The van der Waals surface area contributed by atoms with Crippen LogP contribution >= 0.6 is 0 Å². The number of aromatic hydroxyl groups is 1. The molecule has 2 heterocycles. The molecule has 4 aliphatic carbocycles. The maximum atomic E-state index is 12.2. The van der Waals surface area contributed by atoms with Crippen LogP contribution in [0.5, 0.6) is 5.75 Å². The van der Waals surface area contributed by atoms with Gasteiger partial charge in [-0.15, -0.1) is 0 Å². The predicted octanol–water partition coefficient (Wildman–Crippen LogP) is 22.3. The maximum absolute atomic E-state index is 12.2. The van der Waals surface area contributed by atoms with Gasteiger partial charge in [-0.1, -0.05) is 219 Å². The second kappa shape index (κ2) is 18.7. The largest absolute Gasteiger partial charge is 0.507 e. The first-order valence-electron chi connectivity index (χ1n) is 31.9. The number of fused-ring (bicyclic) bond motifs is 4. The smallest absolute Gasteiger partial charge is 0.124 e. The van der Waals surface area contributed by atoms with Crippen molar-refractivity contribution in [2.24, 2.45) is 0 Å². The second-order valence-corrected chi connectivity index (χ2v) is 34.1. The maximum Gasteiger partial charge on any atom is 0.124 e. The van der Waals surface area contributed by atoms with Crippen molar-refractivity contribution in [3.8, 4) is 84.0 Å². The number of aromatic nitrogens is 2. The Morgan fingerprint density at radius 3 is 1.05 bits per heavy atom. The fourth-order valence-corrected chi connectivity index (χ4v) is 18.7. The molecule has 2 aromatic heterocycles. The van der Waals surface area contributed by atoms with E-state index in [9.17, 15) is 5.11 Å². The van der Waals surface area contributed by atoms with E-state index in [4.69, 9.17) is 9.97 Å². The first kappa shape index (κ1) is 58.8. The van der Waals surface area contributed by atoms with Crippen LogP contribution in [-0.4, -0.2) is 15.1 Å². The Morgan fingerprint density at radius 1 is 0.318 bits per heavy atom. The zero-order valence-corrected chi connectivity index (χ0v) is 55.8. The Bertz CT molecular complexity index is 3950. The zero-order chi connectivity index (χ0) is 61.5. The third-order valence-electron chi connectivity index (χ3n) is 20.8. The molecule has 0 spiro atoms. The fraction of sp³-hybridized carbons (Fsp3) is 0.439. The van der Waals surface area contributed by atoms with Crippen LogP contribution in [0.1, 0.15) is 234 Å². The normalized spacial score (nSPS) is 19.6. The molecular weight excluding hydrogens is 1030 g/mol. The van der Waals surface area contributed by atoms with Crippen molar-refractivity contribution in [3.05, 3.63) is 183 Å². The van der Waals surface area contributed by atoms with E-state index < -0.39 is 0 Å². The molecule has 0 radical (unpaired) electrons. The lowest BCUT2D eigenvalue weighted by Gasteiger charge is -2.33. The summed E-state index contributed by atoms with van der Waals surface area (Å²) in [5, 5.41) is 12.2. The molecule has 0 atom stereocenters. The van der Waals surface area contributed by atoms with Gasteiger partial charge >= 0.3 is 0 Å². The van der Waals surface area contributed by atoms with Crippen LogP contribution in [-0.2, 0) is 54.1 Å². The number of hydrogen-bond donors (Lipinski definition) is 1. The highest BCUT2D eigenvalue weighted by molar-refractivity contribution is 5.93. The van der Waals surface area contributed by atoms with Gasteiger partial charge in [0.1, 0.15) is 5.75 Å². The summed E-state index contributed by atoms with van der Waals surface area (Å²) in [5.74, 6) is 0.236. The molecule has 6 aromatic carbocycles. The Hall–Kier alpha value is -6.58. The van der Waals surface area contributed by atoms with Gasteiger partial charge in [0.05, 0.1) is 17.1 Å². The van der Waals surface area contributed by atoms with Gasteiger partial charge < -0.3 is 5.11 Å². The summed E-state index contributed by atoms with van der Waals surface area (Å²) in [5.41, 5.74) is 29.3. The van der Waals surface area contributed by atoms with Crippen molar-refractivity contribution in [3.63, 3.8) is 0 Å². The lowest BCUT2D eigenvalue weighted by Crippen LogP contribution is -2.20. The van der Waals surface area contributed by atoms with Gasteiger partial charge in [0.25, 0.3) is 0 Å². The van der Waals surface area contributed by atoms with Crippen molar-refractivity contribution in [1.29, 1.82) is 0 Å². The second-order valence-electron chi connectivity index (χ2n) is 34.1.